The SMILES string of the molecule is CCOc1ccccc1NC(=O)c1ccccc1-c1ncc(-c2cccc(Br)c2)o1. The molecule has 6 heteroatoms. The molecule has 4 rings (SSSR count). The van der Waals surface area contributed by atoms with Crippen LogP contribution in [0.1, 0.15) is 17.3 Å². The van der Waals surface area contributed by atoms with Gasteiger partial charge in [0.1, 0.15) is 5.75 Å². The Morgan fingerprint density at radius 1 is 1.07 bits per heavy atom. The number of ether oxygens (including phenoxy) is 1. The van der Waals surface area contributed by atoms with Gasteiger partial charge in [0.15, 0.2) is 5.76 Å². The summed E-state index contributed by atoms with van der Waals surface area (Å²) in [5, 5.41) is 2.93. The number of carbonyl (C=O) groups excluding carboxylic acids is 1. The van der Waals surface area contributed by atoms with E-state index in [-0.39, 0.29) is 5.91 Å². The van der Waals surface area contributed by atoms with E-state index in [0.29, 0.717) is 40.8 Å². The largest absolute Gasteiger partial charge is 0.492 e. The molecule has 0 spiro atoms. The summed E-state index contributed by atoms with van der Waals surface area (Å²) in [4.78, 5) is 17.4. The molecular formula is C24H19BrN2O3. The minimum absolute atomic E-state index is 0.264. The molecule has 1 heterocycles. The van der Waals surface area contributed by atoms with Crippen LogP contribution in [0.3, 0.4) is 0 Å². The topological polar surface area (TPSA) is 64.4 Å². The van der Waals surface area contributed by atoms with Gasteiger partial charge in [-0.15, -0.1) is 0 Å². The summed E-state index contributed by atoms with van der Waals surface area (Å²) in [5.74, 6) is 1.37. The molecule has 5 nitrogen and oxygen atoms in total. The van der Waals surface area contributed by atoms with Crippen molar-refractivity contribution < 1.29 is 13.9 Å². The van der Waals surface area contributed by atoms with E-state index >= 15 is 0 Å². The summed E-state index contributed by atoms with van der Waals surface area (Å²) in [6.45, 7) is 2.41. The van der Waals surface area contributed by atoms with Gasteiger partial charge in [0, 0.05) is 15.6 Å². The summed E-state index contributed by atoms with van der Waals surface area (Å²) in [6, 6.07) is 22.3. The van der Waals surface area contributed by atoms with Gasteiger partial charge >= 0.3 is 0 Å². The Morgan fingerprint density at radius 2 is 1.87 bits per heavy atom. The zero-order valence-electron chi connectivity index (χ0n) is 16.3. The summed E-state index contributed by atoms with van der Waals surface area (Å²) >= 11 is 3.46. The molecule has 0 fully saturated rings. The summed E-state index contributed by atoms with van der Waals surface area (Å²) in [7, 11) is 0. The molecule has 0 bridgehead atoms. The van der Waals surface area contributed by atoms with Crippen molar-refractivity contribution in [2.45, 2.75) is 6.92 Å². The minimum Gasteiger partial charge on any atom is -0.492 e. The lowest BCUT2D eigenvalue weighted by atomic mass is 10.1. The van der Waals surface area contributed by atoms with Crippen molar-refractivity contribution >= 4 is 27.5 Å². The Bertz CT molecular complexity index is 1190. The van der Waals surface area contributed by atoms with Crippen LogP contribution >= 0.6 is 15.9 Å². The van der Waals surface area contributed by atoms with Gasteiger partial charge in [-0.25, -0.2) is 4.98 Å². The highest BCUT2D eigenvalue weighted by Crippen LogP contribution is 2.30. The third-order valence-corrected chi connectivity index (χ3v) is 4.95. The number of hydrogen-bond donors (Lipinski definition) is 1. The van der Waals surface area contributed by atoms with E-state index in [1.165, 1.54) is 0 Å². The predicted molar refractivity (Wildman–Crippen MR) is 121 cm³/mol. The molecule has 30 heavy (non-hydrogen) atoms. The van der Waals surface area contributed by atoms with Crippen LogP contribution in [0.4, 0.5) is 5.69 Å². The number of anilines is 1. The number of rotatable bonds is 6. The molecule has 0 aliphatic rings. The average Bonchev–Trinajstić information content (AvgIpc) is 3.25. The van der Waals surface area contributed by atoms with E-state index in [1.54, 1.807) is 12.3 Å². The molecule has 4 aromatic rings. The predicted octanol–water partition coefficient (Wildman–Crippen LogP) is 6.42. The molecule has 3 aromatic carbocycles. The van der Waals surface area contributed by atoms with Gasteiger partial charge in [0.25, 0.3) is 5.91 Å². The fourth-order valence-corrected chi connectivity index (χ4v) is 3.48. The van der Waals surface area contributed by atoms with Gasteiger partial charge in [-0.3, -0.25) is 4.79 Å². The highest BCUT2D eigenvalue weighted by Gasteiger charge is 2.18. The zero-order chi connectivity index (χ0) is 20.9. The van der Waals surface area contributed by atoms with E-state index in [0.717, 1.165) is 10.0 Å². The van der Waals surface area contributed by atoms with Crippen molar-refractivity contribution in [1.29, 1.82) is 0 Å². The number of amides is 1. The zero-order valence-corrected chi connectivity index (χ0v) is 17.8. The van der Waals surface area contributed by atoms with Crippen molar-refractivity contribution in [3.05, 3.63) is 89.0 Å². The van der Waals surface area contributed by atoms with Gasteiger partial charge in [0.05, 0.1) is 24.1 Å². The van der Waals surface area contributed by atoms with E-state index in [9.17, 15) is 4.79 Å². The molecule has 150 valence electrons. The van der Waals surface area contributed by atoms with Crippen LogP contribution in [-0.4, -0.2) is 17.5 Å². The van der Waals surface area contributed by atoms with Crippen LogP contribution in [0.5, 0.6) is 5.75 Å². The van der Waals surface area contributed by atoms with Gasteiger partial charge in [-0.2, -0.15) is 0 Å². The fraction of sp³-hybridized carbons (Fsp3) is 0.0833. The molecule has 1 aromatic heterocycles. The van der Waals surface area contributed by atoms with Gasteiger partial charge in [-0.1, -0.05) is 52.3 Å². The van der Waals surface area contributed by atoms with Crippen molar-refractivity contribution in [3.63, 3.8) is 0 Å². The number of nitrogens with one attached hydrogen (secondary N) is 1. The lowest BCUT2D eigenvalue weighted by Crippen LogP contribution is -2.14. The minimum atomic E-state index is -0.264. The molecule has 1 amide bonds. The Balaban J connectivity index is 1.65. The lowest BCUT2D eigenvalue weighted by Gasteiger charge is -2.12. The number of nitrogens with zero attached hydrogens (tertiary/aromatic N) is 1. The fourth-order valence-electron chi connectivity index (χ4n) is 3.08. The number of carbonyl (C=O) groups is 1. The molecule has 0 saturated carbocycles. The van der Waals surface area contributed by atoms with E-state index in [4.69, 9.17) is 9.15 Å². The maximum absolute atomic E-state index is 13.0. The van der Waals surface area contributed by atoms with Crippen LogP contribution in [0.2, 0.25) is 0 Å². The average molecular weight is 463 g/mol. The Morgan fingerprint density at radius 3 is 2.70 bits per heavy atom. The number of hydrogen-bond acceptors (Lipinski definition) is 4. The highest BCUT2D eigenvalue weighted by atomic mass is 79.9. The first-order valence-corrected chi connectivity index (χ1v) is 10.3. The second kappa shape index (κ2) is 8.97. The van der Waals surface area contributed by atoms with Crippen LogP contribution in [-0.2, 0) is 0 Å². The van der Waals surface area contributed by atoms with E-state index < -0.39 is 0 Å². The first-order chi connectivity index (χ1) is 14.7. The molecule has 0 unspecified atom stereocenters. The van der Waals surface area contributed by atoms with Crippen LogP contribution < -0.4 is 10.1 Å². The van der Waals surface area contributed by atoms with E-state index in [2.05, 4.69) is 26.2 Å². The molecule has 0 aliphatic carbocycles. The molecular weight excluding hydrogens is 444 g/mol. The van der Waals surface area contributed by atoms with Crippen LogP contribution in [0.15, 0.2) is 87.9 Å². The third kappa shape index (κ3) is 4.28. The Labute approximate surface area is 182 Å². The van der Waals surface area contributed by atoms with Crippen LogP contribution in [0, 0.1) is 0 Å². The second-order valence-corrected chi connectivity index (χ2v) is 7.38. The number of para-hydroxylation sites is 2. The first kappa shape index (κ1) is 19.9. The van der Waals surface area contributed by atoms with Crippen molar-refractivity contribution in [2.24, 2.45) is 0 Å². The van der Waals surface area contributed by atoms with Gasteiger partial charge in [0.2, 0.25) is 5.89 Å². The number of aromatic nitrogens is 1. The number of benzene rings is 3. The van der Waals surface area contributed by atoms with E-state index in [1.807, 2.05) is 73.7 Å². The number of oxazole rings is 1. The monoisotopic (exact) mass is 462 g/mol. The molecule has 0 saturated heterocycles. The summed E-state index contributed by atoms with van der Waals surface area (Å²) < 4.78 is 12.5. The highest BCUT2D eigenvalue weighted by molar-refractivity contribution is 9.10. The Kier molecular flexibility index (Phi) is 5.95. The maximum atomic E-state index is 13.0. The number of halogens is 1. The first-order valence-electron chi connectivity index (χ1n) is 9.50. The third-order valence-electron chi connectivity index (χ3n) is 4.45. The molecule has 1 N–H and O–H groups in total. The van der Waals surface area contributed by atoms with Crippen LogP contribution in [0.25, 0.3) is 22.8 Å². The summed E-state index contributed by atoms with van der Waals surface area (Å²) in [6.07, 6.45) is 1.66. The van der Waals surface area contributed by atoms with Crippen molar-refractivity contribution in [2.75, 3.05) is 11.9 Å². The van der Waals surface area contributed by atoms with Gasteiger partial charge in [-0.05, 0) is 43.3 Å². The molecule has 0 aliphatic heterocycles. The smallest absolute Gasteiger partial charge is 0.256 e. The standard InChI is InChI=1S/C24H19BrN2O3/c1-2-29-21-13-6-5-12-20(21)27-23(28)18-10-3-4-11-19(18)24-26-15-22(30-24)16-8-7-9-17(25)14-16/h3-15H,2H2,1H3,(H,27,28). The van der Waals surface area contributed by atoms with Gasteiger partial charge < -0.3 is 14.5 Å². The Hall–Kier alpha value is -3.38. The quantitative estimate of drug-likeness (QED) is 0.358. The van der Waals surface area contributed by atoms with Crippen molar-refractivity contribution in [1.82, 2.24) is 4.98 Å². The van der Waals surface area contributed by atoms with Crippen molar-refractivity contribution in [3.8, 4) is 28.5 Å². The second-order valence-electron chi connectivity index (χ2n) is 6.47. The molecule has 0 radical (unpaired) electrons. The molecule has 0 atom stereocenters. The lowest BCUT2D eigenvalue weighted by molar-refractivity contribution is 0.102. The maximum Gasteiger partial charge on any atom is 0.256 e. The summed E-state index contributed by atoms with van der Waals surface area (Å²) in [5.41, 5.74) is 2.59. The normalized spacial score (nSPS) is 10.6.